The first kappa shape index (κ1) is 18.0. The Morgan fingerprint density at radius 2 is 2.00 bits per heavy atom. The number of nitrogens with zero attached hydrogens (tertiary/aromatic N) is 1. The molecule has 7 heteroatoms. The molecule has 1 fully saturated rings. The number of benzene rings is 2. The maximum atomic E-state index is 13.1. The van der Waals surface area contributed by atoms with E-state index in [1.165, 1.54) is 23.9 Å². The molecule has 140 valence electrons. The summed E-state index contributed by atoms with van der Waals surface area (Å²) in [6.07, 6.45) is 0.460. The molecule has 2 N–H and O–H groups in total. The maximum Gasteiger partial charge on any atom is 0.238 e. The predicted molar refractivity (Wildman–Crippen MR) is 101 cm³/mol. The first-order valence-electron chi connectivity index (χ1n) is 8.77. The lowest BCUT2D eigenvalue weighted by molar-refractivity contribution is -0.132. The molecule has 2 heterocycles. The van der Waals surface area contributed by atoms with E-state index in [0.29, 0.717) is 18.5 Å². The summed E-state index contributed by atoms with van der Waals surface area (Å²) >= 11 is 1.39. The zero-order valence-electron chi connectivity index (χ0n) is 14.5. The molecule has 27 heavy (non-hydrogen) atoms. The summed E-state index contributed by atoms with van der Waals surface area (Å²) in [6.45, 7) is 0.551. The molecule has 2 aromatic carbocycles. The summed E-state index contributed by atoms with van der Waals surface area (Å²) in [7, 11) is 0. The molecule has 0 saturated carbocycles. The highest BCUT2D eigenvalue weighted by atomic mass is 32.2. The Morgan fingerprint density at radius 3 is 2.78 bits per heavy atom. The first-order valence-corrected chi connectivity index (χ1v) is 9.65. The van der Waals surface area contributed by atoms with Crippen molar-refractivity contribution in [3.05, 3.63) is 59.9 Å². The topological polar surface area (TPSA) is 69.6 Å². The largest absolute Gasteiger partial charge is 0.383 e. The summed E-state index contributed by atoms with van der Waals surface area (Å²) in [5.74, 6) is -0.714. The second kappa shape index (κ2) is 6.98. The number of halogens is 1. The quantitative estimate of drug-likeness (QED) is 0.851. The summed E-state index contributed by atoms with van der Waals surface area (Å²) < 4.78 is 13.1. The highest BCUT2D eigenvalue weighted by molar-refractivity contribution is 8.01. The zero-order chi connectivity index (χ0) is 19.0. The fraction of sp³-hybridized carbons (Fsp3) is 0.300. The minimum absolute atomic E-state index is 0.0737. The van der Waals surface area contributed by atoms with Crippen LogP contribution >= 0.6 is 11.8 Å². The van der Waals surface area contributed by atoms with Crippen molar-refractivity contribution in [1.29, 1.82) is 0 Å². The Labute approximate surface area is 160 Å². The monoisotopic (exact) mass is 386 g/mol. The molecule has 2 amide bonds. The smallest absolute Gasteiger partial charge is 0.238 e. The number of likely N-dealkylation sites (tertiary alicyclic amines) is 1. The Bertz CT molecular complexity index is 889. The lowest BCUT2D eigenvalue weighted by atomic mass is 9.93. The summed E-state index contributed by atoms with van der Waals surface area (Å²) in [4.78, 5) is 27.5. The average molecular weight is 386 g/mol. The van der Waals surface area contributed by atoms with E-state index in [9.17, 15) is 19.1 Å². The van der Waals surface area contributed by atoms with Crippen LogP contribution in [0.3, 0.4) is 0 Å². The lowest BCUT2D eigenvalue weighted by Crippen LogP contribution is -2.38. The van der Waals surface area contributed by atoms with Crippen LogP contribution in [0, 0.1) is 5.82 Å². The van der Waals surface area contributed by atoms with Crippen molar-refractivity contribution in [3.63, 3.8) is 0 Å². The van der Waals surface area contributed by atoms with E-state index < -0.39 is 10.9 Å². The minimum Gasteiger partial charge on any atom is -0.383 e. The first-order chi connectivity index (χ1) is 12.9. The molecule has 2 aliphatic heterocycles. The molecule has 0 radical (unpaired) electrons. The zero-order valence-corrected chi connectivity index (χ0v) is 15.3. The van der Waals surface area contributed by atoms with Crippen molar-refractivity contribution in [1.82, 2.24) is 4.90 Å². The molecule has 0 aliphatic carbocycles. The molecule has 2 aliphatic rings. The molecule has 0 bridgehead atoms. The van der Waals surface area contributed by atoms with E-state index in [1.54, 1.807) is 17.0 Å². The van der Waals surface area contributed by atoms with Crippen molar-refractivity contribution in [2.24, 2.45) is 0 Å². The number of para-hydroxylation sites is 1. The molecule has 2 aromatic rings. The summed E-state index contributed by atoms with van der Waals surface area (Å²) in [6, 6.07) is 13.2. The second-order valence-corrected chi connectivity index (χ2v) is 8.14. The van der Waals surface area contributed by atoms with Crippen LogP contribution in [0.4, 0.5) is 10.1 Å². The van der Waals surface area contributed by atoms with E-state index >= 15 is 0 Å². The fourth-order valence-electron chi connectivity index (χ4n) is 3.52. The molecule has 2 atom stereocenters. The van der Waals surface area contributed by atoms with Gasteiger partial charge in [-0.2, -0.15) is 0 Å². The summed E-state index contributed by atoms with van der Waals surface area (Å²) in [5.41, 5.74) is 0.179. The number of amides is 2. The molecule has 4 rings (SSSR count). The van der Waals surface area contributed by atoms with Gasteiger partial charge in [0, 0.05) is 17.9 Å². The van der Waals surface area contributed by atoms with Crippen LogP contribution in [-0.2, 0) is 15.2 Å². The van der Waals surface area contributed by atoms with Gasteiger partial charge in [0.1, 0.15) is 11.4 Å². The van der Waals surface area contributed by atoms with Crippen molar-refractivity contribution in [2.45, 2.75) is 28.6 Å². The van der Waals surface area contributed by atoms with E-state index in [1.807, 2.05) is 24.3 Å². The molecule has 1 saturated heterocycles. The Morgan fingerprint density at radius 1 is 1.26 bits per heavy atom. The van der Waals surface area contributed by atoms with Gasteiger partial charge < -0.3 is 15.3 Å². The molecule has 5 nitrogen and oxygen atoms in total. The van der Waals surface area contributed by atoms with Crippen molar-refractivity contribution in [3.8, 4) is 0 Å². The lowest BCUT2D eigenvalue weighted by Gasteiger charge is -2.27. The van der Waals surface area contributed by atoms with Crippen LogP contribution in [-0.4, -0.2) is 40.2 Å². The Kier molecular flexibility index (Phi) is 4.65. The van der Waals surface area contributed by atoms with Gasteiger partial charge >= 0.3 is 0 Å². The van der Waals surface area contributed by atoms with Gasteiger partial charge in [0.2, 0.25) is 11.8 Å². The average Bonchev–Trinajstić information content (AvgIpc) is 3.06. The number of rotatable bonds is 3. The van der Waals surface area contributed by atoms with E-state index in [2.05, 4.69) is 5.32 Å². The van der Waals surface area contributed by atoms with Crippen LogP contribution < -0.4 is 5.32 Å². The second-order valence-electron chi connectivity index (χ2n) is 6.90. The number of aliphatic hydroxyl groups is 1. The standard InChI is InChI=1S/C20H19FN2O3S/c21-14-7-5-13(6-8-14)20(26)9-10-23(12-20)18(24)11-17-19(25)22-15-3-1-2-4-16(15)27-17/h1-8,17,26H,9-12H2,(H,22,25). The van der Waals surface area contributed by atoms with Crippen molar-refractivity contribution >= 4 is 29.3 Å². The van der Waals surface area contributed by atoms with E-state index in [4.69, 9.17) is 0 Å². The summed E-state index contributed by atoms with van der Waals surface area (Å²) in [5, 5.41) is 13.2. The van der Waals surface area contributed by atoms with Gasteiger partial charge in [0.25, 0.3) is 0 Å². The third-order valence-corrected chi connectivity index (χ3v) is 6.32. The number of carbonyl (C=O) groups excluding carboxylic acids is 2. The van der Waals surface area contributed by atoms with Crippen molar-refractivity contribution in [2.75, 3.05) is 18.4 Å². The highest BCUT2D eigenvalue weighted by Gasteiger charge is 2.40. The SMILES string of the molecule is O=C1Nc2ccccc2SC1CC(=O)N1CCC(O)(c2ccc(F)cc2)C1. The number of thioether (sulfide) groups is 1. The number of hydrogen-bond acceptors (Lipinski definition) is 4. The third-order valence-electron chi connectivity index (χ3n) is 5.05. The number of carbonyl (C=O) groups is 2. The Hall–Kier alpha value is -2.38. The van der Waals surface area contributed by atoms with Crippen molar-refractivity contribution < 1.29 is 19.1 Å². The van der Waals surface area contributed by atoms with Crippen LogP contribution in [0.1, 0.15) is 18.4 Å². The minimum atomic E-state index is -1.18. The van der Waals surface area contributed by atoms with Gasteiger partial charge in [0.05, 0.1) is 17.5 Å². The van der Waals surface area contributed by atoms with E-state index in [0.717, 1.165) is 10.6 Å². The number of β-amino-alcohol motifs (C(OH)–C–C–N with tert-alkyl or cyclic N) is 1. The number of hydrogen-bond donors (Lipinski definition) is 2. The normalized spacial score (nSPS) is 24.4. The van der Waals surface area contributed by atoms with Gasteiger partial charge in [-0.15, -0.1) is 11.8 Å². The molecule has 0 aromatic heterocycles. The number of anilines is 1. The van der Waals surface area contributed by atoms with Gasteiger partial charge in [-0.3, -0.25) is 9.59 Å². The van der Waals surface area contributed by atoms with Crippen LogP contribution in [0.15, 0.2) is 53.4 Å². The van der Waals surface area contributed by atoms with Crippen LogP contribution in [0.25, 0.3) is 0 Å². The predicted octanol–water partition coefficient (Wildman–Crippen LogP) is 2.75. The molecule has 2 unspecified atom stereocenters. The number of nitrogens with one attached hydrogen (secondary N) is 1. The third kappa shape index (κ3) is 3.57. The van der Waals surface area contributed by atoms with Crippen LogP contribution in [0.5, 0.6) is 0 Å². The molecule has 0 spiro atoms. The van der Waals surface area contributed by atoms with Gasteiger partial charge in [-0.05, 0) is 36.2 Å². The van der Waals surface area contributed by atoms with Gasteiger partial charge in [0.15, 0.2) is 0 Å². The van der Waals surface area contributed by atoms with Gasteiger partial charge in [-0.25, -0.2) is 4.39 Å². The van der Waals surface area contributed by atoms with Crippen LogP contribution in [0.2, 0.25) is 0 Å². The molecular formula is C20H19FN2O3S. The fourth-order valence-corrected chi connectivity index (χ4v) is 4.62. The molecular weight excluding hydrogens is 367 g/mol. The maximum absolute atomic E-state index is 13.1. The number of fused-ring (bicyclic) bond motifs is 1. The highest BCUT2D eigenvalue weighted by Crippen LogP contribution is 2.38. The van der Waals surface area contributed by atoms with Gasteiger partial charge in [-0.1, -0.05) is 24.3 Å². The Balaban J connectivity index is 1.42. The van der Waals surface area contributed by atoms with E-state index in [-0.39, 0.29) is 30.6 Å².